The van der Waals surface area contributed by atoms with Gasteiger partial charge in [0.25, 0.3) is 5.91 Å². The largest absolute Gasteiger partial charge is 0.493 e. The van der Waals surface area contributed by atoms with Crippen LogP contribution in [0, 0.1) is 5.92 Å². The molecule has 0 aliphatic heterocycles. The Morgan fingerprint density at radius 3 is 2.21 bits per heavy atom. The molecule has 0 saturated carbocycles. The monoisotopic (exact) mass is 397 g/mol. The van der Waals surface area contributed by atoms with Crippen LogP contribution in [0.25, 0.3) is 0 Å². The van der Waals surface area contributed by atoms with Gasteiger partial charge in [-0.15, -0.1) is 0 Å². The molecular formula is C23H27NO5. The zero-order chi connectivity index (χ0) is 21.2. The lowest BCUT2D eigenvalue weighted by molar-refractivity contribution is -0.128. The highest BCUT2D eigenvalue weighted by atomic mass is 16.5. The third-order valence-electron chi connectivity index (χ3n) is 4.12. The highest BCUT2D eigenvalue weighted by molar-refractivity contribution is 5.92. The van der Waals surface area contributed by atoms with Crippen LogP contribution < -0.4 is 10.1 Å². The molecule has 0 radical (unpaired) electrons. The molecule has 1 N–H and O–H groups in total. The van der Waals surface area contributed by atoms with Crippen LogP contribution in [0.1, 0.15) is 36.7 Å². The number of carbonyl (C=O) groups excluding carboxylic acids is 3. The smallest absolute Gasteiger partial charge is 0.338 e. The van der Waals surface area contributed by atoms with E-state index in [2.05, 4.69) is 5.32 Å². The van der Waals surface area contributed by atoms with Crippen LogP contribution in [0.3, 0.4) is 0 Å². The van der Waals surface area contributed by atoms with Crippen molar-refractivity contribution in [2.75, 3.05) is 13.2 Å². The first-order valence-electron chi connectivity index (χ1n) is 9.59. The number of esters is 1. The molecule has 0 bridgehead atoms. The minimum atomic E-state index is -0.666. The SMILES string of the molecule is CC(=O)[C@H](Cc1ccccc1)NC(=O)COC(=O)c1ccc(OCC(C)C)cc1. The third-order valence-corrected chi connectivity index (χ3v) is 4.12. The van der Waals surface area contributed by atoms with Crippen LogP contribution in [0.15, 0.2) is 54.6 Å². The van der Waals surface area contributed by atoms with Crippen molar-refractivity contribution in [3.05, 3.63) is 65.7 Å². The number of nitrogens with one attached hydrogen (secondary N) is 1. The molecule has 1 amide bonds. The quantitative estimate of drug-likeness (QED) is 0.623. The predicted octanol–water partition coefficient (Wildman–Crippen LogP) is 3.19. The van der Waals surface area contributed by atoms with Gasteiger partial charge in [-0.05, 0) is 49.1 Å². The van der Waals surface area contributed by atoms with Crippen LogP contribution in [0.5, 0.6) is 5.75 Å². The molecule has 2 aromatic rings. The van der Waals surface area contributed by atoms with Gasteiger partial charge in [0.1, 0.15) is 5.75 Å². The van der Waals surface area contributed by atoms with Crippen molar-refractivity contribution >= 4 is 17.7 Å². The second kappa shape index (κ2) is 11.0. The summed E-state index contributed by atoms with van der Waals surface area (Å²) >= 11 is 0. The average Bonchev–Trinajstić information content (AvgIpc) is 2.71. The topological polar surface area (TPSA) is 81.7 Å². The molecule has 29 heavy (non-hydrogen) atoms. The summed E-state index contributed by atoms with van der Waals surface area (Å²) in [7, 11) is 0. The van der Waals surface area contributed by atoms with E-state index in [0.29, 0.717) is 30.3 Å². The number of ketones is 1. The van der Waals surface area contributed by atoms with Gasteiger partial charge in [-0.1, -0.05) is 44.2 Å². The summed E-state index contributed by atoms with van der Waals surface area (Å²) in [6.07, 6.45) is 0.383. The number of rotatable bonds is 10. The molecule has 0 heterocycles. The summed E-state index contributed by atoms with van der Waals surface area (Å²) in [6, 6.07) is 15.3. The van der Waals surface area contributed by atoms with E-state index in [4.69, 9.17) is 9.47 Å². The van der Waals surface area contributed by atoms with Crippen molar-refractivity contribution in [3.8, 4) is 5.75 Å². The van der Waals surface area contributed by atoms with Crippen LogP contribution in [0.4, 0.5) is 0 Å². The first-order chi connectivity index (χ1) is 13.8. The lowest BCUT2D eigenvalue weighted by Gasteiger charge is -2.16. The summed E-state index contributed by atoms with van der Waals surface area (Å²) in [5.41, 5.74) is 1.26. The molecule has 0 spiro atoms. The van der Waals surface area contributed by atoms with Gasteiger partial charge in [0, 0.05) is 0 Å². The number of ether oxygens (including phenoxy) is 2. The minimum absolute atomic E-state index is 0.162. The second-order valence-corrected chi connectivity index (χ2v) is 7.23. The molecule has 6 nitrogen and oxygen atoms in total. The molecule has 154 valence electrons. The van der Waals surface area contributed by atoms with Crippen molar-refractivity contribution in [2.24, 2.45) is 5.92 Å². The molecule has 2 aromatic carbocycles. The molecular weight excluding hydrogens is 370 g/mol. The number of carbonyl (C=O) groups is 3. The molecule has 2 rings (SSSR count). The maximum absolute atomic E-state index is 12.1. The van der Waals surface area contributed by atoms with E-state index in [9.17, 15) is 14.4 Å². The predicted molar refractivity (Wildman–Crippen MR) is 110 cm³/mol. The Kier molecular flexibility index (Phi) is 8.40. The van der Waals surface area contributed by atoms with Gasteiger partial charge < -0.3 is 14.8 Å². The van der Waals surface area contributed by atoms with E-state index in [1.807, 2.05) is 44.2 Å². The van der Waals surface area contributed by atoms with Crippen molar-refractivity contribution in [1.29, 1.82) is 0 Å². The lowest BCUT2D eigenvalue weighted by Crippen LogP contribution is -2.43. The van der Waals surface area contributed by atoms with Crippen molar-refractivity contribution in [2.45, 2.75) is 33.2 Å². The normalized spacial score (nSPS) is 11.6. The van der Waals surface area contributed by atoms with Gasteiger partial charge in [-0.25, -0.2) is 4.79 Å². The maximum atomic E-state index is 12.1. The van der Waals surface area contributed by atoms with E-state index in [1.165, 1.54) is 6.92 Å². The van der Waals surface area contributed by atoms with Gasteiger partial charge in [0.2, 0.25) is 0 Å². The summed E-state index contributed by atoms with van der Waals surface area (Å²) in [4.78, 5) is 36.1. The average molecular weight is 397 g/mol. The lowest BCUT2D eigenvalue weighted by atomic mass is 10.0. The Morgan fingerprint density at radius 1 is 0.966 bits per heavy atom. The number of hydrogen-bond acceptors (Lipinski definition) is 5. The van der Waals surface area contributed by atoms with E-state index in [1.54, 1.807) is 24.3 Å². The summed E-state index contributed by atoms with van der Waals surface area (Å²) < 4.78 is 10.6. The van der Waals surface area contributed by atoms with Crippen LogP contribution in [0.2, 0.25) is 0 Å². The summed E-state index contributed by atoms with van der Waals surface area (Å²) in [5.74, 6) is -0.230. The summed E-state index contributed by atoms with van der Waals surface area (Å²) in [6.45, 7) is 5.65. The van der Waals surface area contributed by atoms with Crippen LogP contribution >= 0.6 is 0 Å². The first-order valence-corrected chi connectivity index (χ1v) is 9.59. The molecule has 0 aliphatic carbocycles. The van der Waals surface area contributed by atoms with Gasteiger partial charge in [0.15, 0.2) is 12.4 Å². The van der Waals surface area contributed by atoms with Crippen molar-refractivity contribution < 1.29 is 23.9 Å². The number of hydrogen-bond donors (Lipinski definition) is 1. The fraction of sp³-hybridized carbons (Fsp3) is 0.348. The van der Waals surface area contributed by atoms with Gasteiger partial charge in [0.05, 0.1) is 18.2 Å². The highest BCUT2D eigenvalue weighted by Gasteiger charge is 2.19. The Morgan fingerprint density at radius 2 is 1.62 bits per heavy atom. The molecule has 0 aromatic heterocycles. The van der Waals surface area contributed by atoms with Gasteiger partial charge in [-0.3, -0.25) is 9.59 Å². The fourth-order valence-corrected chi connectivity index (χ4v) is 2.55. The maximum Gasteiger partial charge on any atom is 0.338 e. The number of benzene rings is 2. The van der Waals surface area contributed by atoms with Gasteiger partial charge in [-0.2, -0.15) is 0 Å². The highest BCUT2D eigenvalue weighted by Crippen LogP contribution is 2.14. The Bertz CT molecular complexity index is 815. The first kappa shape index (κ1) is 22.1. The number of Topliss-reactive ketones (excluding diaryl/α,β-unsaturated/α-hetero) is 1. The second-order valence-electron chi connectivity index (χ2n) is 7.23. The molecule has 0 unspecified atom stereocenters. The molecule has 0 saturated heterocycles. The Labute approximate surface area is 171 Å². The Hall–Kier alpha value is -3.15. The summed E-state index contributed by atoms with van der Waals surface area (Å²) in [5, 5.41) is 2.62. The third kappa shape index (κ3) is 7.78. The molecule has 1 atom stereocenters. The van der Waals surface area contributed by atoms with Crippen LogP contribution in [-0.2, 0) is 20.7 Å². The van der Waals surface area contributed by atoms with Crippen LogP contribution in [-0.4, -0.2) is 36.9 Å². The van der Waals surface area contributed by atoms with E-state index in [0.717, 1.165) is 5.56 Å². The fourth-order valence-electron chi connectivity index (χ4n) is 2.55. The minimum Gasteiger partial charge on any atom is -0.493 e. The standard InChI is InChI=1S/C23H27NO5/c1-16(2)14-28-20-11-9-19(10-12-20)23(27)29-15-22(26)24-21(17(3)25)13-18-7-5-4-6-8-18/h4-12,16,21H,13-15H2,1-3H3,(H,24,26)/t21-/m0/s1. The van der Waals surface area contributed by atoms with Gasteiger partial charge >= 0.3 is 5.97 Å². The van der Waals surface area contributed by atoms with Crippen molar-refractivity contribution in [3.63, 3.8) is 0 Å². The van der Waals surface area contributed by atoms with Crippen molar-refractivity contribution in [1.82, 2.24) is 5.32 Å². The van der Waals surface area contributed by atoms with E-state index >= 15 is 0 Å². The Balaban J connectivity index is 1.83. The zero-order valence-corrected chi connectivity index (χ0v) is 17.0. The molecule has 0 aliphatic rings. The van der Waals surface area contributed by atoms with E-state index < -0.39 is 24.5 Å². The number of amides is 1. The molecule has 0 fully saturated rings. The zero-order valence-electron chi connectivity index (χ0n) is 17.0. The van der Waals surface area contributed by atoms with E-state index in [-0.39, 0.29) is 5.78 Å². The molecule has 6 heteroatoms.